The highest BCUT2D eigenvalue weighted by molar-refractivity contribution is 6.27. The largest absolute Gasteiger partial charge is 0.494 e. The van der Waals surface area contributed by atoms with Crippen LogP contribution in [-0.2, 0) is 16.1 Å². The Morgan fingerprint density at radius 3 is 2.11 bits per heavy atom. The Balaban J connectivity index is 0.000000509. The molecule has 2 aromatic rings. The van der Waals surface area contributed by atoms with Gasteiger partial charge in [-0.25, -0.2) is 14.0 Å². The Bertz CT molecular complexity index is 961. The van der Waals surface area contributed by atoms with E-state index in [1.54, 1.807) is 12.1 Å². The molecule has 0 aromatic heterocycles. The van der Waals surface area contributed by atoms with E-state index in [1.165, 1.54) is 18.4 Å². The first-order chi connectivity index (χ1) is 16.9. The maximum atomic E-state index is 14.1. The first-order valence-corrected chi connectivity index (χ1v) is 12.0. The molecule has 2 N–H and O–H groups in total. The van der Waals surface area contributed by atoms with Crippen molar-refractivity contribution in [1.82, 2.24) is 9.80 Å². The van der Waals surface area contributed by atoms with Crippen LogP contribution in [0, 0.1) is 5.82 Å². The molecular formula is C26H34FN3O5. The van der Waals surface area contributed by atoms with E-state index >= 15 is 0 Å². The lowest BCUT2D eigenvalue weighted by Gasteiger charge is -2.43. The second-order valence-electron chi connectivity index (χ2n) is 8.63. The van der Waals surface area contributed by atoms with E-state index in [-0.39, 0.29) is 5.82 Å². The van der Waals surface area contributed by atoms with Gasteiger partial charge in [-0.2, -0.15) is 0 Å². The van der Waals surface area contributed by atoms with Crippen molar-refractivity contribution in [2.75, 3.05) is 50.8 Å². The van der Waals surface area contributed by atoms with Crippen molar-refractivity contribution in [2.24, 2.45) is 0 Å². The summed E-state index contributed by atoms with van der Waals surface area (Å²) in [7, 11) is 0. The van der Waals surface area contributed by atoms with Gasteiger partial charge >= 0.3 is 11.9 Å². The highest BCUT2D eigenvalue weighted by Crippen LogP contribution is 2.25. The molecule has 0 aliphatic carbocycles. The van der Waals surface area contributed by atoms with Gasteiger partial charge in [0.25, 0.3) is 0 Å². The number of hydrogen-bond donors (Lipinski definition) is 2. The van der Waals surface area contributed by atoms with Crippen LogP contribution in [0.15, 0.2) is 48.5 Å². The van der Waals surface area contributed by atoms with Crippen LogP contribution in [0.1, 0.15) is 25.3 Å². The molecule has 2 fully saturated rings. The van der Waals surface area contributed by atoms with E-state index in [9.17, 15) is 4.39 Å². The molecule has 2 saturated heterocycles. The number of carbonyl (C=O) groups is 2. The van der Waals surface area contributed by atoms with Crippen LogP contribution in [0.4, 0.5) is 10.1 Å². The summed E-state index contributed by atoms with van der Waals surface area (Å²) < 4.78 is 19.8. The number of benzene rings is 2. The zero-order chi connectivity index (χ0) is 25.2. The Hall–Kier alpha value is -3.17. The predicted octanol–water partition coefficient (Wildman–Crippen LogP) is 3.17. The normalized spacial score (nSPS) is 17.4. The third kappa shape index (κ3) is 7.66. The van der Waals surface area contributed by atoms with Crippen LogP contribution in [0.3, 0.4) is 0 Å². The van der Waals surface area contributed by atoms with Crippen LogP contribution >= 0.6 is 0 Å². The van der Waals surface area contributed by atoms with Gasteiger partial charge in [0.15, 0.2) is 0 Å². The van der Waals surface area contributed by atoms with E-state index in [0.717, 1.165) is 57.3 Å². The first-order valence-electron chi connectivity index (χ1n) is 12.0. The van der Waals surface area contributed by atoms with E-state index < -0.39 is 11.9 Å². The zero-order valence-electron chi connectivity index (χ0n) is 20.1. The van der Waals surface area contributed by atoms with Crippen molar-refractivity contribution < 1.29 is 28.9 Å². The first kappa shape index (κ1) is 26.4. The highest BCUT2D eigenvalue weighted by atomic mass is 19.1. The van der Waals surface area contributed by atoms with Crippen LogP contribution in [-0.4, -0.2) is 83.9 Å². The number of nitrogens with zero attached hydrogens (tertiary/aromatic N) is 3. The summed E-state index contributed by atoms with van der Waals surface area (Å²) in [5, 5.41) is 14.8. The number of halogens is 1. The average Bonchev–Trinajstić information content (AvgIpc) is 2.87. The van der Waals surface area contributed by atoms with Crippen molar-refractivity contribution in [3.63, 3.8) is 0 Å². The topological polar surface area (TPSA) is 93.5 Å². The van der Waals surface area contributed by atoms with Crippen molar-refractivity contribution in [3.8, 4) is 5.75 Å². The monoisotopic (exact) mass is 487 g/mol. The minimum absolute atomic E-state index is 0.110. The summed E-state index contributed by atoms with van der Waals surface area (Å²) in [5.41, 5.74) is 2.03. The quantitative estimate of drug-likeness (QED) is 0.601. The maximum Gasteiger partial charge on any atom is 0.414 e. The molecule has 0 saturated carbocycles. The Morgan fingerprint density at radius 2 is 1.51 bits per heavy atom. The number of carboxylic acids is 2. The molecule has 0 unspecified atom stereocenters. The molecule has 0 bridgehead atoms. The molecular weight excluding hydrogens is 453 g/mol. The third-order valence-electron chi connectivity index (χ3n) is 6.43. The smallest absolute Gasteiger partial charge is 0.414 e. The number of aliphatic carboxylic acids is 2. The van der Waals surface area contributed by atoms with E-state index in [0.29, 0.717) is 12.6 Å². The lowest BCUT2D eigenvalue weighted by molar-refractivity contribution is -0.159. The number of hydrogen-bond acceptors (Lipinski definition) is 6. The standard InChI is InChI=1S/C24H32FN3O.C2H2O4/c1-2-29-24-10-6-3-7-20(24)19-26-13-11-21(12-14-26)27-15-17-28(18-16-27)23-9-5-4-8-22(23)25;3-1(4)2(5)6/h3-10,21H,2,11-19H2,1H3;(H,3,4)(H,5,6). The molecule has 0 atom stereocenters. The molecule has 0 amide bonds. The molecule has 8 nitrogen and oxygen atoms in total. The van der Waals surface area contributed by atoms with Gasteiger partial charge < -0.3 is 19.8 Å². The van der Waals surface area contributed by atoms with Crippen LogP contribution in [0.2, 0.25) is 0 Å². The lowest BCUT2D eigenvalue weighted by atomic mass is 10.0. The summed E-state index contributed by atoms with van der Waals surface area (Å²) in [6, 6.07) is 16.2. The molecule has 9 heteroatoms. The minimum Gasteiger partial charge on any atom is -0.494 e. The molecule has 2 aromatic carbocycles. The molecule has 0 spiro atoms. The molecule has 2 aliphatic heterocycles. The second kappa shape index (κ2) is 13.1. The molecule has 2 aliphatic rings. The number of likely N-dealkylation sites (tertiary alicyclic amines) is 1. The van der Waals surface area contributed by atoms with Gasteiger partial charge in [0.1, 0.15) is 11.6 Å². The van der Waals surface area contributed by atoms with Crippen molar-refractivity contribution in [1.29, 1.82) is 0 Å². The van der Waals surface area contributed by atoms with Crippen molar-refractivity contribution in [3.05, 3.63) is 59.9 Å². The Labute approximate surface area is 205 Å². The van der Waals surface area contributed by atoms with E-state index in [2.05, 4.69) is 32.9 Å². The van der Waals surface area contributed by atoms with Gasteiger partial charge in [0.05, 0.1) is 12.3 Å². The summed E-state index contributed by atoms with van der Waals surface area (Å²) in [6.45, 7) is 9.80. The lowest BCUT2D eigenvalue weighted by Crippen LogP contribution is -2.53. The summed E-state index contributed by atoms with van der Waals surface area (Å²) in [4.78, 5) is 25.5. The van der Waals surface area contributed by atoms with Crippen LogP contribution < -0.4 is 9.64 Å². The number of piperidine rings is 1. The highest BCUT2D eigenvalue weighted by Gasteiger charge is 2.28. The Morgan fingerprint density at radius 1 is 0.914 bits per heavy atom. The maximum absolute atomic E-state index is 14.1. The number of para-hydroxylation sites is 2. The fraction of sp³-hybridized carbons (Fsp3) is 0.462. The van der Waals surface area contributed by atoms with Gasteiger partial charge in [0, 0.05) is 44.3 Å². The zero-order valence-corrected chi connectivity index (χ0v) is 20.1. The Kier molecular flexibility index (Phi) is 9.86. The second-order valence-corrected chi connectivity index (χ2v) is 8.63. The van der Waals surface area contributed by atoms with Gasteiger partial charge in [-0.15, -0.1) is 0 Å². The fourth-order valence-corrected chi connectivity index (χ4v) is 4.65. The van der Waals surface area contributed by atoms with Gasteiger partial charge in [-0.05, 0) is 51.1 Å². The average molecular weight is 488 g/mol. The van der Waals surface area contributed by atoms with E-state index in [4.69, 9.17) is 24.5 Å². The fourth-order valence-electron chi connectivity index (χ4n) is 4.65. The number of carboxylic acid groups (broad SMARTS) is 2. The van der Waals surface area contributed by atoms with Crippen molar-refractivity contribution >= 4 is 17.6 Å². The summed E-state index contributed by atoms with van der Waals surface area (Å²) in [5.74, 6) is -2.74. The predicted molar refractivity (Wildman–Crippen MR) is 131 cm³/mol. The van der Waals surface area contributed by atoms with Gasteiger partial charge in [-0.1, -0.05) is 30.3 Å². The van der Waals surface area contributed by atoms with Crippen LogP contribution in [0.5, 0.6) is 5.75 Å². The SMILES string of the molecule is CCOc1ccccc1CN1CCC(N2CCN(c3ccccc3F)CC2)CC1.O=C(O)C(=O)O. The van der Waals surface area contributed by atoms with Crippen molar-refractivity contribution in [2.45, 2.75) is 32.4 Å². The number of anilines is 1. The molecule has 0 radical (unpaired) electrons. The minimum atomic E-state index is -1.82. The molecule has 4 rings (SSSR count). The molecule has 190 valence electrons. The van der Waals surface area contributed by atoms with E-state index in [1.807, 2.05) is 25.1 Å². The van der Waals surface area contributed by atoms with Gasteiger partial charge in [-0.3, -0.25) is 9.80 Å². The third-order valence-corrected chi connectivity index (χ3v) is 6.43. The van der Waals surface area contributed by atoms with Crippen LogP contribution in [0.25, 0.3) is 0 Å². The summed E-state index contributed by atoms with van der Waals surface area (Å²) in [6.07, 6.45) is 2.41. The van der Waals surface area contributed by atoms with Gasteiger partial charge in [0.2, 0.25) is 0 Å². The number of ether oxygens (including phenoxy) is 1. The molecule has 2 heterocycles. The number of piperazine rings is 1. The number of rotatable bonds is 6. The summed E-state index contributed by atoms with van der Waals surface area (Å²) >= 11 is 0. The molecule has 35 heavy (non-hydrogen) atoms.